The van der Waals surface area contributed by atoms with E-state index in [4.69, 9.17) is 0 Å². The molecule has 1 amide bonds. The van der Waals surface area contributed by atoms with E-state index >= 15 is 0 Å². The normalized spacial score (nSPS) is 23.2. The number of nitro groups is 1. The highest BCUT2D eigenvalue weighted by Gasteiger charge is 2.48. The van der Waals surface area contributed by atoms with Crippen LogP contribution in [-0.4, -0.2) is 34.3 Å². The van der Waals surface area contributed by atoms with Gasteiger partial charge in [0, 0.05) is 22.4 Å². The van der Waals surface area contributed by atoms with Gasteiger partial charge in [0.25, 0.3) is 11.6 Å². The molecular weight excluding hydrogens is 292 g/mol. The Morgan fingerprint density at radius 1 is 1.52 bits per heavy atom. The number of nitrogens with zero attached hydrogens (tertiary/aromatic N) is 1. The lowest BCUT2D eigenvalue weighted by atomic mass is 9.64. The summed E-state index contributed by atoms with van der Waals surface area (Å²) in [5, 5.41) is 23.5. The van der Waals surface area contributed by atoms with Crippen molar-refractivity contribution in [2.75, 3.05) is 6.26 Å². The molecule has 6 nitrogen and oxygen atoms in total. The van der Waals surface area contributed by atoms with Gasteiger partial charge in [-0.05, 0) is 24.8 Å². The number of thioether (sulfide) groups is 1. The Bertz CT molecular complexity index is 588. The third-order valence-electron chi connectivity index (χ3n) is 4.17. The van der Waals surface area contributed by atoms with Crippen LogP contribution in [0, 0.1) is 15.5 Å². The molecule has 1 aromatic carbocycles. The van der Waals surface area contributed by atoms with Crippen molar-refractivity contribution in [1.29, 1.82) is 0 Å². The van der Waals surface area contributed by atoms with Crippen molar-refractivity contribution in [3.05, 3.63) is 33.9 Å². The van der Waals surface area contributed by atoms with E-state index in [1.807, 2.05) is 20.1 Å². The monoisotopic (exact) mass is 310 g/mol. The molecule has 0 aromatic heterocycles. The second kappa shape index (κ2) is 5.65. The number of amides is 1. The zero-order valence-corrected chi connectivity index (χ0v) is 12.9. The maximum absolute atomic E-state index is 12.3. The number of hydrogen-bond donors (Lipinski definition) is 2. The van der Waals surface area contributed by atoms with Gasteiger partial charge in [-0.3, -0.25) is 14.9 Å². The number of hydrogen-bond acceptors (Lipinski definition) is 5. The van der Waals surface area contributed by atoms with Gasteiger partial charge in [-0.15, -0.1) is 11.8 Å². The van der Waals surface area contributed by atoms with Crippen molar-refractivity contribution in [2.45, 2.75) is 37.3 Å². The van der Waals surface area contributed by atoms with Crippen LogP contribution in [-0.2, 0) is 0 Å². The van der Waals surface area contributed by atoms with E-state index in [1.54, 1.807) is 6.07 Å². The molecular formula is C14H18N2O4S. The maximum atomic E-state index is 12.3. The van der Waals surface area contributed by atoms with E-state index in [-0.39, 0.29) is 17.3 Å². The number of aliphatic hydroxyl groups excluding tert-OH is 1. The molecule has 1 aliphatic rings. The average molecular weight is 310 g/mol. The Morgan fingerprint density at radius 2 is 2.19 bits per heavy atom. The standard InChI is InChI=1S/C14H18N2O4S/c1-14(2)11(7-12(14)17)15-13(18)9-6-8(21-3)4-5-10(9)16(19)20/h4-6,11-12,17H,7H2,1-3H3,(H,15,18). The van der Waals surface area contributed by atoms with Crippen molar-refractivity contribution < 1.29 is 14.8 Å². The molecule has 1 saturated carbocycles. The van der Waals surface area contributed by atoms with Gasteiger partial charge >= 0.3 is 0 Å². The quantitative estimate of drug-likeness (QED) is 0.505. The first kappa shape index (κ1) is 15.8. The molecule has 0 aliphatic heterocycles. The molecule has 2 unspecified atom stereocenters. The van der Waals surface area contributed by atoms with Crippen LogP contribution < -0.4 is 5.32 Å². The topological polar surface area (TPSA) is 92.5 Å². The highest BCUT2D eigenvalue weighted by molar-refractivity contribution is 7.98. The number of benzene rings is 1. The minimum absolute atomic E-state index is 0.0593. The van der Waals surface area contributed by atoms with Crippen LogP contribution in [0.4, 0.5) is 5.69 Å². The summed E-state index contributed by atoms with van der Waals surface area (Å²) in [7, 11) is 0. The van der Waals surface area contributed by atoms with Gasteiger partial charge in [-0.1, -0.05) is 13.8 Å². The fourth-order valence-electron chi connectivity index (χ4n) is 2.37. The van der Waals surface area contributed by atoms with Gasteiger partial charge in [0.15, 0.2) is 0 Å². The third kappa shape index (κ3) is 2.89. The summed E-state index contributed by atoms with van der Waals surface area (Å²) in [5.41, 5.74) is -0.561. The molecule has 0 heterocycles. The van der Waals surface area contributed by atoms with Crippen molar-refractivity contribution in [3.8, 4) is 0 Å². The number of aliphatic hydroxyl groups is 1. The van der Waals surface area contributed by atoms with E-state index < -0.39 is 22.3 Å². The van der Waals surface area contributed by atoms with Crippen molar-refractivity contribution >= 4 is 23.4 Å². The van der Waals surface area contributed by atoms with Gasteiger partial charge in [-0.2, -0.15) is 0 Å². The Labute approximate surface area is 127 Å². The lowest BCUT2D eigenvalue weighted by Crippen LogP contribution is -2.61. The number of carbonyl (C=O) groups excluding carboxylic acids is 1. The van der Waals surface area contributed by atoms with Crippen LogP contribution >= 0.6 is 11.8 Å². The van der Waals surface area contributed by atoms with Crippen molar-refractivity contribution in [2.24, 2.45) is 5.41 Å². The minimum Gasteiger partial charge on any atom is -0.392 e. The van der Waals surface area contributed by atoms with E-state index in [2.05, 4.69) is 5.32 Å². The maximum Gasteiger partial charge on any atom is 0.282 e. The summed E-state index contributed by atoms with van der Waals surface area (Å²) < 4.78 is 0. The van der Waals surface area contributed by atoms with Gasteiger partial charge in [-0.25, -0.2) is 0 Å². The zero-order valence-electron chi connectivity index (χ0n) is 12.1. The van der Waals surface area contributed by atoms with Crippen molar-refractivity contribution in [3.63, 3.8) is 0 Å². The van der Waals surface area contributed by atoms with Crippen LogP contribution in [0.1, 0.15) is 30.6 Å². The SMILES string of the molecule is CSc1ccc([N+](=O)[O-])c(C(=O)NC2CC(O)C2(C)C)c1. The third-order valence-corrected chi connectivity index (χ3v) is 4.89. The Kier molecular flexibility index (Phi) is 4.25. The molecule has 1 fully saturated rings. The molecule has 2 atom stereocenters. The Morgan fingerprint density at radius 3 is 2.67 bits per heavy atom. The number of nitro benzene ring substituents is 1. The van der Waals surface area contributed by atoms with Crippen molar-refractivity contribution in [1.82, 2.24) is 5.32 Å². The first-order valence-electron chi connectivity index (χ1n) is 6.58. The minimum atomic E-state index is -0.556. The predicted octanol–water partition coefficient (Wildman–Crippen LogP) is 2.21. The molecule has 0 bridgehead atoms. The van der Waals surface area contributed by atoms with Crippen LogP contribution in [0.3, 0.4) is 0 Å². The van der Waals surface area contributed by atoms with Gasteiger partial charge in [0.2, 0.25) is 0 Å². The fraction of sp³-hybridized carbons (Fsp3) is 0.500. The molecule has 2 N–H and O–H groups in total. The highest BCUT2D eigenvalue weighted by atomic mass is 32.2. The van der Waals surface area contributed by atoms with Gasteiger partial charge in [0.1, 0.15) is 5.56 Å². The predicted molar refractivity (Wildman–Crippen MR) is 80.5 cm³/mol. The number of rotatable bonds is 4. The summed E-state index contributed by atoms with van der Waals surface area (Å²) in [4.78, 5) is 23.6. The largest absolute Gasteiger partial charge is 0.392 e. The van der Waals surface area contributed by atoms with Crippen LogP contribution in [0.2, 0.25) is 0 Å². The second-order valence-electron chi connectivity index (χ2n) is 5.74. The molecule has 1 aromatic rings. The summed E-state index contributed by atoms with van der Waals surface area (Å²) in [5.74, 6) is -0.470. The van der Waals surface area contributed by atoms with E-state index in [0.717, 1.165) is 4.90 Å². The highest BCUT2D eigenvalue weighted by Crippen LogP contribution is 2.40. The molecule has 21 heavy (non-hydrogen) atoms. The molecule has 1 aliphatic carbocycles. The van der Waals surface area contributed by atoms with E-state index in [0.29, 0.717) is 6.42 Å². The first-order chi connectivity index (χ1) is 9.77. The summed E-state index contributed by atoms with van der Waals surface area (Å²) in [6.45, 7) is 3.72. The van der Waals surface area contributed by atoms with Gasteiger partial charge in [0.05, 0.1) is 11.0 Å². The van der Waals surface area contributed by atoms with Crippen LogP contribution in [0.15, 0.2) is 23.1 Å². The first-order valence-corrected chi connectivity index (χ1v) is 7.81. The molecule has 0 spiro atoms. The van der Waals surface area contributed by atoms with E-state index in [1.165, 1.54) is 23.9 Å². The molecule has 0 radical (unpaired) electrons. The smallest absolute Gasteiger partial charge is 0.282 e. The van der Waals surface area contributed by atoms with Gasteiger partial charge < -0.3 is 10.4 Å². The molecule has 7 heteroatoms. The zero-order chi connectivity index (χ0) is 15.8. The molecule has 2 rings (SSSR count). The number of carbonyl (C=O) groups is 1. The summed E-state index contributed by atoms with van der Waals surface area (Å²) >= 11 is 1.42. The Hall–Kier alpha value is -1.60. The van der Waals surface area contributed by atoms with Crippen LogP contribution in [0.25, 0.3) is 0 Å². The Balaban J connectivity index is 2.24. The van der Waals surface area contributed by atoms with E-state index in [9.17, 15) is 20.0 Å². The molecule has 0 saturated heterocycles. The van der Waals surface area contributed by atoms with Crippen LogP contribution in [0.5, 0.6) is 0 Å². The average Bonchev–Trinajstić information content (AvgIpc) is 2.45. The second-order valence-corrected chi connectivity index (χ2v) is 6.62. The fourth-order valence-corrected chi connectivity index (χ4v) is 2.81. The number of nitrogens with one attached hydrogen (secondary N) is 1. The summed E-state index contributed by atoms with van der Waals surface area (Å²) in [6.07, 6.45) is 1.85. The lowest BCUT2D eigenvalue weighted by molar-refractivity contribution is -0.385. The summed E-state index contributed by atoms with van der Waals surface area (Å²) in [6, 6.07) is 4.32. The lowest BCUT2D eigenvalue weighted by Gasteiger charge is -2.49. The molecule has 114 valence electrons.